The molecule has 4 rings (SSSR count). The first-order valence-corrected chi connectivity index (χ1v) is 11.5. The summed E-state index contributed by atoms with van der Waals surface area (Å²) >= 11 is 0. The molecule has 0 radical (unpaired) electrons. The quantitative estimate of drug-likeness (QED) is 0.318. The van der Waals surface area contributed by atoms with Crippen molar-refractivity contribution in [1.82, 2.24) is 0 Å². The summed E-state index contributed by atoms with van der Waals surface area (Å²) < 4.78 is 0. The Hall–Kier alpha value is -0.543. The van der Waals surface area contributed by atoms with E-state index in [1.807, 2.05) is 0 Å². The smallest absolute Gasteiger partial charge is 0.0771 e. The van der Waals surface area contributed by atoms with Crippen molar-refractivity contribution in [3.8, 4) is 0 Å². The Kier molecular flexibility index (Phi) is 7.59. The van der Waals surface area contributed by atoms with Crippen LogP contribution in [0.4, 0.5) is 0 Å². The van der Waals surface area contributed by atoms with Crippen LogP contribution in [-0.4, -0.2) is 8.07 Å². The Balaban J connectivity index is 0.00000104. The maximum atomic E-state index is 2.46. The van der Waals surface area contributed by atoms with Gasteiger partial charge < -0.3 is 24.8 Å². The molecule has 0 spiro atoms. The minimum Gasteiger partial charge on any atom is -1.00 e. The van der Waals surface area contributed by atoms with Crippen LogP contribution in [0.1, 0.15) is 12.0 Å². The van der Waals surface area contributed by atoms with E-state index >= 15 is 0 Å². The van der Waals surface area contributed by atoms with E-state index in [9.17, 15) is 0 Å². The molecule has 0 amide bonds. The Labute approximate surface area is 182 Å². The molecule has 0 fully saturated rings. The Morgan fingerprint density at radius 3 is 2.24 bits per heavy atom. The van der Waals surface area contributed by atoms with E-state index in [4.69, 9.17) is 0 Å². The standard InChI is InChI=1S/C21H21Si.2ClH.Hf/c1-22(2,3)17-12-11-16(13-17)19-9-6-10-20-18-8-5-4-7-15(18)14-21(19)20;;;/h4-10,12-14H,11H2,1-3H3;2*1H;/q-1;;;/p-2. The van der Waals surface area contributed by atoms with Gasteiger partial charge in [-0.2, -0.15) is 0 Å². The average Bonchev–Trinajstić information content (AvgIpc) is 3.11. The predicted molar refractivity (Wildman–Crippen MR) is 101 cm³/mol. The van der Waals surface area contributed by atoms with Crippen molar-refractivity contribution >= 4 is 35.2 Å². The van der Waals surface area contributed by atoms with Crippen LogP contribution in [0, 0.1) is 0 Å². The molecule has 0 atom stereocenters. The monoisotopic (exact) mass is 551 g/mol. The number of hydrogen-bond donors (Lipinski definition) is 0. The molecule has 3 aromatic carbocycles. The summed E-state index contributed by atoms with van der Waals surface area (Å²) in [6.07, 6.45) is 5.99. The fourth-order valence-corrected chi connectivity index (χ4v) is 4.82. The van der Waals surface area contributed by atoms with Crippen LogP contribution >= 0.6 is 0 Å². The van der Waals surface area contributed by atoms with Gasteiger partial charge in [0.05, 0.1) is 8.07 Å². The Morgan fingerprint density at radius 2 is 1.56 bits per heavy atom. The second kappa shape index (κ2) is 8.43. The van der Waals surface area contributed by atoms with Crippen molar-refractivity contribution in [2.45, 2.75) is 26.1 Å². The zero-order chi connectivity index (χ0) is 15.3. The molecule has 0 heterocycles. The van der Waals surface area contributed by atoms with Crippen LogP contribution in [0.3, 0.4) is 0 Å². The third-order valence-corrected chi connectivity index (χ3v) is 6.82. The molecular weight excluding hydrogens is 530 g/mol. The molecule has 3 aromatic rings. The predicted octanol–water partition coefficient (Wildman–Crippen LogP) is 0.308. The molecule has 25 heavy (non-hydrogen) atoms. The SMILES string of the molecule is C[Si](C)(C)C1=CCC(c2cccc3c2[cH-]c2ccccc23)=C1.[Cl-].[Cl-].[Hf]. The summed E-state index contributed by atoms with van der Waals surface area (Å²) in [6, 6.07) is 17.8. The van der Waals surface area contributed by atoms with Crippen LogP contribution in [0.2, 0.25) is 19.6 Å². The first-order chi connectivity index (χ1) is 10.5. The van der Waals surface area contributed by atoms with Crippen molar-refractivity contribution in [1.29, 1.82) is 0 Å². The molecule has 0 aliphatic heterocycles. The minimum atomic E-state index is -1.21. The Bertz CT molecular complexity index is 945. The van der Waals surface area contributed by atoms with E-state index in [0.29, 0.717) is 0 Å². The number of halogens is 2. The number of rotatable bonds is 2. The van der Waals surface area contributed by atoms with Gasteiger partial charge >= 0.3 is 0 Å². The van der Waals surface area contributed by atoms with Crippen molar-refractivity contribution in [2.24, 2.45) is 0 Å². The molecular formula is C21H21Cl2HfSi-3. The summed E-state index contributed by atoms with van der Waals surface area (Å²) in [5.74, 6) is 0. The van der Waals surface area contributed by atoms with Crippen LogP contribution in [0.5, 0.6) is 0 Å². The molecule has 0 saturated carbocycles. The van der Waals surface area contributed by atoms with Crippen molar-refractivity contribution in [3.63, 3.8) is 0 Å². The normalized spacial score (nSPS) is 13.6. The summed E-state index contributed by atoms with van der Waals surface area (Å²) in [6.45, 7) is 7.28. The third kappa shape index (κ3) is 4.08. The zero-order valence-corrected chi connectivity index (χ0v) is 20.8. The largest absolute Gasteiger partial charge is 1.00 e. The van der Waals surface area contributed by atoms with Crippen LogP contribution in [0.15, 0.2) is 65.9 Å². The molecule has 0 nitrogen and oxygen atoms in total. The maximum absolute atomic E-state index is 2.46. The number of allylic oxidation sites excluding steroid dienone is 4. The van der Waals surface area contributed by atoms with Gasteiger partial charge in [-0.3, -0.25) is 0 Å². The number of fused-ring (bicyclic) bond motifs is 3. The molecule has 1 aliphatic rings. The summed E-state index contributed by atoms with van der Waals surface area (Å²) in [5.41, 5.74) is 2.90. The first kappa shape index (κ1) is 22.5. The van der Waals surface area contributed by atoms with Gasteiger partial charge in [-0.1, -0.05) is 84.5 Å². The van der Waals surface area contributed by atoms with E-state index in [1.165, 1.54) is 32.7 Å². The zero-order valence-electron chi connectivity index (χ0n) is 14.7. The minimum absolute atomic E-state index is 0. The van der Waals surface area contributed by atoms with E-state index in [1.54, 1.807) is 5.20 Å². The second-order valence-corrected chi connectivity index (χ2v) is 12.4. The van der Waals surface area contributed by atoms with Gasteiger partial charge in [0, 0.05) is 25.8 Å². The average molecular weight is 551 g/mol. The third-order valence-electron chi connectivity index (χ3n) is 4.74. The van der Waals surface area contributed by atoms with E-state index in [0.717, 1.165) is 6.42 Å². The van der Waals surface area contributed by atoms with Gasteiger partial charge in [0.15, 0.2) is 0 Å². The van der Waals surface area contributed by atoms with Gasteiger partial charge in [-0.15, -0.1) is 33.7 Å². The van der Waals surface area contributed by atoms with E-state index in [2.05, 4.69) is 80.3 Å². The van der Waals surface area contributed by atoms with Crippen molar-refractivity contribution in [2.75, 3.05) is 0 Å². The molecule has 0 saturated heterocycles. The van der Waals surface area contributed by atoms with E-state index in [-0.39, 0.29) is 50.7 Å². The van der Waals surface area contributed by atoms with Crippen LogP contribution in [-0.2, 0) is 25.8 Å². The summed E-state index contributed by atoms with van der Waals surface area (Å²) in [5, 5.41) is 7.10. The maximum Gasteiger partial charge on any atom is 0.0771 e. The van der Waals surface area contributed by atoms with Crippen molar-refractivity contribution < 1.29 is 50.7 Å². The van der Waals surface area contributed by atoms with Gasteiger partial charge in [-0.05, 0) is 6.42 Å². The number of hydrogen-bond acceptors (Lipinski definition) is 0. The second-order valence-electron chi connectivity index (χ2n) is 7.28. The van der Waals surface area contributed by atoms with Gasteiger partial charge in [-0.25, -0.2) is 0 Å². The summed E-state index contributed by atoms with van der Waals surface area (Å²) in [7, 11) is -1.21. The first-order valence-electron chi connectivity index (χ1n) is 8.03. The molecule has 4 heteroatoms. The fraction of sp³-hybridized carbons (Fsp3) is 0.190. The fourth-order valence-electron chi connectivity index (χ4n) is 3.50. The topological polar surface area (TPSA) is 0 Å². The molecule has 1 aliphatic carbocycles. The van der Waals surface area contributed by atoms with Gasteiger partial charge in [0.1, 0.15) is 0 Å². The van der Waals surface area contributed by atoms with Crippen LogP contribution < -0.4 is 24.8 Å². The number of benzene rings is 2. The van der Waals surface area contributed by atoms with E-state index < -0.39 is 8.07 Å². The molecule has 0 aromatic heterocycles. The van der Waals surface area contributed by atoms with Gasteiger partial charge in [0.25, 0.3) is 0 Å². The van der Waals surface area contributed by atoms with Crippen LogP contribution in [0.25, 0.3) is 27.1 Å². The molecule has 0 unspecified atom stereocenters. The molecule has 0 N–H and O–H groups in total. The van der Waals surface area contributed by atoms with Crippen molar-refractivity contribution in [3.05, 3.63) is 71.4 Å². The Morgan fingerprint density at radius 1 is 0.880 bits per heavy atom. The molecule has 0 bridgehead atoms. The molecule has 130 valence electrons. The summed E-state index contributed by atoms with van der Waals surface area (Å²) in [4.78, 5) is 0. The van der Waals surface area contributed by atoms with Gasteiger partial charge in [0.2, 0.25) is 0 Å².